The second-order valence-corrected chi connectivity index (χ2v) is 8.84. The van der Waals surface area contributed by atoms with Crippen molar-refractivity contribution in [2.45, 2.75) is 36.4 Å². The predicted octanol–water partition coefficient (Wildman–Crippen LogP) is 2.97. The van der Waals surface area contributed by atoms with Crippen LogP contribution in [0.1, 0.15) is 40.1 Å². The third-order valence-corrected chi connectivity index (χ3v) is 6.91. The minimum atomic E-state index is -0.390. The third-order valence-electron chi connectivity index (χ3n) is 3.81. The number of nitrogens with two attached hydrogens (primary N) is 1. The Morgan fingerprint density at radius 3 is 2.76 bits per heavy atom. The maximum absolute atomic E-state index is 12.3. The lowest BCUT2D eigenvalue weighted by Gasteiger charge is -2.07. The monoisotopic (exact) mass is 398 g/mol. The molecule has 10 heteroatoms. The summed E-state index contributed by atoms with van der Waals surface area (Å²) in [6.07, 6.45) is 5.11. The van der Waals surface area contributed by atoms with Crippen molar-refractivity contribution >= 4 is 56.4 Å². The highest BCUT2D eigenvalue weighted by Crippen LogP contribution is 2.38. The molecular formula is C15H18N4O3S3. The lowest BCUT2D eigenvalue weighted by atomic mass is 10.1. The van der Waals surface area contributed by atoms with Crippen LogP contribution in [0.15, 0.2) is 4.34 Å². The zero-order valence-corrected chi connectivity index (χ0v) is 16.1. The number of methoxy groups -OCH3 is 1. The van der Waals surface area contributed by atoms with Crippen LogP contribution in [0.2, 0.25) is 0 Å². The SMILES string of the molecule is COC(=O)c1c(NC(=O)CSc2nnc(N)s2)sc2c1CCCCC2. The highest BCUT2D eigenvalue weighted by atomic mass is 32.2. The molecule has 0 saturated heterocycles. The fourth-order valence-electron chi connectivity index (χ4n) is 2.72. The summed E-state index contributed by atoms with van der Waals surface area (Å²) in [7, 11) is 1.37. The van der Waals surface area contributed by atoms with Crippen molar-refractivity contribution in [1.82, 2.24) is 10.2 Å². The van der Waals surface area contributed by atoms with Gasteiger partial charge in [0.25, 0.3) is 0 Å². The Kier molecular flexibility index (Phi) is 5.92. The van der Waals surface area contributed by atoms with E-state index in [1.807, 2.05) is 0 Å². The number of hydrogen-bond donors (Lipinski definition) is 2. The number of nitrogens with zero attached hydrogens (tertiary/aromatic N) is 2. The highest BCUT2D eigenvalue weighted by molar-refractivity contribution is 8.01. The van der Waals surface area contributed by atoms with Gasteiger partial charge in [0.05, 0.1) is 18.4 Å². The maximum atomic E-state index is 12.3. The van der Waals surface area contributed by atoms with E-state index in [0.717, 1.165) is 37.7 Å². The second kappa shape index (κ2) is 8.15. The Balaban J connectivity index is 1.74. The van der Waals surface area contributed by atoms with Crippen molar-refractivity contribution < 1.29 is 14.3 Å². The molecule has 0 fully saturated rings. The summed E-state index contributed by atoms with van der Waals surface area (Å²) in [6.45, 7) is 0. The van der Waals surface area contributed by atoms with Crippen LogP contribution in [-0.2, 0) is 22.4 Å². The number of hydrogen-bond acceptors (Lipinski definition) is 9. The summed E-state index contributed by atoms with van der Waals surface area (Å²) in [6, 6.07) is 0. The molecule has 0 aliphatic heterocycles. The first-order valence-corrected chi connectivity index (χ1v) is 10.4. The fraction of sp³-hybridized carbons (Fsp3) is 0.467. The number of esters is 1. The van der Waals surface area contributed by atoms with Gasteiger partial charge in [0, 0.05) is 4.88 Å². The molecule has 3 rings (SSSR count). The van der Waals surface area contributed by atoms with E-state index < -0.39 is 0 Å². The molecule has 2 aromatic heterocycles. The average Bonchev–Trinajstić information content (AvgIpc) is 3.08. The normalized spacial score (nSPS) is 13.8. The molecule has 0 spiro atoms. The van der Waals surface area contributed by atoms with Gasteiger partial charge in [-0.25, -0.2) is 4.79 Å². The molecule has 0 atom stereocenters. The molecule has 7 nitrogen and oxygen atoms in total. The fourth-order valence-corrected chi connectivity index (χ4v) is 5.45. The average molecular weight is 399 g/mol. The standard InChI is InChI=1S/C15H18N4O3S3/c1-22-13(21)11-8-5-3-2-4-6-9(8)24-12(11)17-10(20)7-23-15-19-18-14(16)25-15/h2-7H2,1H3,(H2,16,18)(H,17,20). The molecule has 1 amide bonds. The molecule has 1 aliphatic carbocycles. The van der Waals surface area contributed by atoms with Gasteiger partial charge < -0.3 is 15.8 Å². The summed E-state index contributed by atoms with van der Waals surface area (Å²) < 4.78 is 5.58. The summed E-state index contributed by atoms with van der Waals surface area (Å²) in [5.41, 5.74) is 7.08. The van der Waals surface area contributed by atoms with Crippen molar-refractivity contribution in [3.05, 3.63) is 16.0 Å². The number of carbonyl (C=O) groups excluding carboxylic acids is 2. The molecule has 0 saturated carbocycles. The van der Waals surface area contributed by atoms with E-state index >= 15 is 0 Å². The van der Waals surface area contributed by atoms with E-state index in [4.69, 9.17) is 10.5 Å². The van der Waals surface area contributed by atoms with Gasteiger partial charge in [-0.2, -0.15) is 0 Å². The van der Waals surface area contributed by atoms with Gasteiger partial charge in [-0.1, -0.05) is 29.5 Å². The van der Waals surface area contributed by atoms with Gasteiger partial charge >= 0.3 is 5.97 Å². The Bertz CT molecular complexity index is 787. The van der Waals surface area contributed by atoms with Crippen LogP contribution in [0.25, 0.3) is 0 Å². The summed E-state index contributed by atoms with van der Waals surface area (Å²) in [5, 5.41) is 11.4. The van der Waals surface area contributed by atoms with Crippen LogP contribution in [-0.4, -0.2) is 34.9 Å². The number of aryl methyl sites for hydroxylation is 1. The maximum Gasteiger partial charge on any atom is 0.341 e. The number of carbonyl (C=O) groups is 2. The summed E-state index contributed by atoms with van der Waals surface area (Å²) in [4.78, 5) is 25.7. The van der Waals surface area contributed by atoms with E-state index in [1.54, 1.807) is 0 Å². The van der Waals surface area contributed by atoms with Gasteiger partial charge in [-0.05, 0) is 31.2 Å². The zero-order valence-electron chi connectivity index (χ0n) is 13.7. The summed E-state index contributed by atoms with van der Waals surface area (Å²) in [5.74, 6) is -0.405. The van der Waals surface area contributed by atoms with E-state index in [0.29, 0.717) is 20.0 Å². The predicted molar refractivity (Wildman–Crippen MR) is 101 cm³/mol. The Labute approximate surface area is 157 Å². The van der Waals surface area contributed by atoms with Crippen LogP contribution in [0.4, 0.5) is 10.1 Å². The molecule has 134 valence electrons. The molecule has 0 unspecified atom stereocenters. The highest BCUT2D eigenvalue weighted by Gasteiger charge is 2.26. The molecule has 0 bridgehead atoms. The van der Waals surface area contributed by atoms with Gasteiger partial charge in [-0.15, -0.1) is 21.5 Å². The number of ether oxygens (including phenoxy) is 1. The topological polar surface area (TPSA) is 107 Å². The van der Waals surface area contributed by atoms with Crippen molar-refractivity contribution in [1.29, 1.82) is 0 Å². The van der Waals surface area contributed by atoms with E-state index in [1.165, 1.54) is 46.4 Å². The zero-order chi connectivity index (χ0) is 17.8. The summed E-state index contributed by atoms with van der Waals surface area (Å²) >= 11 is 3.99. The van der Waals surface area contributed by atoms with Crippen LogP contribution < -0.4 is 11.1 Å². The van der Waals surface area contributed by atoms with Crippen LogP contribution >= 0.6 is 34.4 Å². The van der Waals surface area contributed by atoms with Crippen LogP contribution in [0, 0.1) is 0 Å². The number of nitrogen functional groups attached to an aromatic ring is 1. The number of fused-ring (bicyclic) bond motifs is 1. The minimum absolute atomic E-state index is 0.178. The minimum Gasteiger partial charge on any atom is -0.465 e. The lowest BCUT2D eigenvalue weighted by molar-refractivity contribution is -0.113. The number of thioether (sulfide) groups is 1. The van der Waals surface area contributed by atoms with E-state index in [2.05, 4.69) is 15.5 Å². The lowest BCUT2D eigenvalue weighted by Crippen LogP contribution is -2.16. The number of aromatic nitrogens is 2. The third kappa shape index (κ3) is 4.31. The first-order chi connectivity index (χ1) is 12.1. The number of thiophene rings is 1. The molecule has 3 N–H and O–H groups in total. The van der Waals surface area contributed by atoms with Gasteiger partial charge in [0.1, 0.15) is 5.00 Å². The molecular weight excluding hydrogens is 380 g/mol. The van der Waals surface area contributed by atoms with E-state index in [-0.39, 0.29) is 17.6 Å². The molecule has 0 radical (unpaired) electrons. The van der Waals surface area contributed by atoms with Gasteiger partial charge in [-0.3, -0.25) is 4.79 Å². The van der Waals surface area contributed by atoms with E-state index in [9.17, 15) is 9.59 Å². The molecule has 25 heavy (non-hydrogen) atoms. The Morgan fingerprint density at radius 1 is 1.24 bits per heavy atom. The number of rotatable bonds is 5. The first-order valence-electron chi connectivity index (χ1n) is 7.83. The Hall–Kier alpha value is -1.65. The van der Waals surface area contributed by atoms with Crippen molar-refractivity contribution in [2.24, 2.45) is 0 Å². The molecule has 0 aromatic carbocycles. The van der Waals surface area contributed by atoms with Crippen molar-refractivity contribution in [3.63, 3.8) is 0 Å². The van der Waals surface area contributed by atoms with Crippen LogP contribution in [0.5, 0.6) is 0 Å². The largest absolute Gasteiger partial charge is 0.465 e. The smallest absolute Gasteiger partial charge is 0.341 e. The quantitative estimate of drug-likeness (QED) is 0.453. The van der Waals surface area contributed by atoms with Crippen molar-refractivity contribution in [2.75, 3.05) is 23.9 Å². The van der Waals surface area contributed by atoms with Crippen molar-refractivity contribution in [3.8, 4) is 0 Å². The molecule has 2 heterocycles. The molecule has 1 aliphatic rings. The molecule has 2 aromatic rings. The van der Waals surface area contributed by atoms with Gasteiger partial charge in [0.15, 0.2) is 4.34 Å². The van der Waals surface area contributed by atoms with Gasteiger partial charge in [0.2, 0.25) is 11.0 Å². The number of amides is 1. The van der Waals surface area contributed by atoms with Crippen LogP contribution in [0.3, 0.4) is 0 Å². The Morgan fingerprint density at radius 2 is 2.04 bits per heavy atom. The second-order valence-electron chi connectivity index (χ2n) is 5.50. The first kappa shape index (κ1) is 18.2. The number of nitrogens with one attached hydrogen (secondary N) is 1. The number of anilines is 2.